The summed E-state index contributed by atoms with van der Waals surface area (Å²) in [6.45, 7) is -1.55. The summed E-state index contributed by atoms with van der Waals surface area (Å²) in [5.74, 6) is 1.29. The lowest BCUT2D eigenvalue weighted by atomic mass is 10.0. The number of para-hydroxylation sites is 2. The molecule has 3 heterocycles. The van der Waals surface area contributed by atoms with Crippen LogP contribution in [0.1, 0.15) is 18.4 Å². The van der Waals surface area contributed by atoms with Crippen molar-refractivity contribution in [1.29, 1.82) is 0 Å². The summed E-state index contributed by atoms with van der Waals surface area (Å²) >= 11 is 1.44. The van der Waals surface area contributed by atoms with Gasteiger partial charge in [-0.25, -0.2) is 4.98 Å². The van der Waals surface area contributed by atoms with Crippen molar-refractivity contribution in [1.82, 2.24) is 19.7 Å². The number of nitrogens with zero attached hydrogens (tertiary/aromatic N) is 4. The van der Waals surface area contributed by atoms with Gasteiger partial charge in [-0.3, -0.25) is 4.57 Å². The first kappa shape index (κ1) is 25.5. The molecule has 0 N–H and O–H groups in total. The molecule has 9 heteroatoms. The van der Waals surface area contributed by atoms with E-state index >= 15 is 0 Å². The maximum absolute atomic E-state index is 13.0. The molecule has 6 rings (SSSR count). The number of rotatable bonds is 9. The molecule has 1 aliphatic rings. The molecule has 198 valence electrons. The summed E-state index contributed by atoms with van der Waals surface area (Å²) in [5.41, 5.74) is 4.32. The molecule has 1 aliphatic heterocycles. The maximum atomic E-state index is 13.0. The van der Waals surface area contributed by atoms with E-state index in [0.29, 0.717) is 23.0 Å². The van der Waals surface area contributed by atoms with Crippen LogP contribution < -0.4 is 4.74 Å². The summed E-state index contributed by atoms with van der Waals surface area (Å²) in [4.78, 5) is 4.92. The maximum Gasteiger partial charge on any atom is 0.387 e. The number of thioether (sulfide) groups is 1. The minimum Gasteiger partial charge on any atom is -0.435 e. The molecule has 6 nitrogen and oxygen atoms in total. The second kappa shape index (κ2) is 11.5. The van der Waals surface area contributed by atoms with E-state index in [1.54, 1.807) is 18.2 Å². The smallest absolute Gasteiger partial charge is 0.387 e. The highest BCUT2D eigenvalue weighted by Crippen LogP contribution is 2.35. The molecule has 0 bridgehead atoms. The third-order valence-electron chi connectivity index (χ3n) is 6.70. The lowest BCUT2D eigenvalue weighted by Gasteiger charge is -2.16. The summed E-state index contributed by atoms with van der Waals surface area (Å²) < 4.78 is 38.7. The molecule has 1 saturated heterocycles. The number of fused-ring (bicyclic) bond motifs is 1. The average Bonchev–Trinajstić information content (AvgIpc) is 3.62. The number of hydrogen-bond acceptors (Lipinski definition) is 6. The topological polar surface area (TPSA) is 62.1 Å². The molecule has 1 atom stereocenters. The van der Waals surface area contributed by atoms with Crippen molar-refractivity contribution in [2.75, 3.05) is 6.61 Å². The van der Waals surface area contributed by atoms with E-state index < -0.39 is 6.61 Å². The first-order valence-electron chi connectivity index (χ1n) is 12.8. The Bertz CT molecular complexity index is 1570. The van der Waals surface area contributed by atoms with Gasteiger partial charge in [-0.2, -0.15) is 8.78 Å². The fourth-order valence-electron chi connectivity index (χ4n) is 4.84. The van der Waals surface area contributed by atoms with Crippen LogP contribution in [0, 0.1) is 0 Å². The molecule has 0 spiro atoms. The summed E-state index contributed by atoms with van der Waals surface area (Å²) in [6.07, 6.45) is 2.02. The number of ether oxygens (including phenoxy) is 2. The minimum absolute atomic E-state index is 0.0512. The van der Waals surface area contributed by atoms with E-state index in [9.17, 15) is 8.78 Å². The van der Waals surface area contributed by atoms with Gasteiger partial charge >= 0.3 is 6.61 Å². The number of aromatic nitrogens is 4. The van der Waals surface area contributed by atoms with E-state index in [4.69, 9.17) is 14.5 Å². The summed E-state index contributed by atoms with van der Waals surface area (Å²) in [6, 6.07) is 27.0. The third kappa shape index (κ3) is 5.65. The van der Waals surface area contributed by atoms with Gasteiger partial charge in [0.1, 0.15) is 5.75 Å². The van der Waals surface area contributed by atoms with Crippen molar-refractivity contribution >= 4 is 22.7 Å². The largest absolute Gasteiger partial charge is 0.435 e. The lowest BCUT2D eigenvalue weighted by Crippen LogP contribution is -2.17. The van der Waals surface area contributed by atoms with E-state index in [1.807, 2.05) is 60.7 Å². The van der Waals surface area contributed by atoms with Crippen LogP contribution in [0.2, 0.25) is 0 Å². The van der Waals surface area contributed by atoms with Crippen LogP contribution in [-0.2, 0) is 17.0 Å². The molecule has 1 fully saturated rings. The van der Waals surface area contributed by atoms with Gasteiger partial charge in [0, 0.05) is 34.4 Å². The van der Waals surface area contributed by atoms with E-state index in [-0.39, 0.29) is 11.9 Å². The second-order valence-electron chi connectivity index (χ2n) is 9.26. The number of alkyl halides is 2. The Hall–Kier alpha value is -3.82. The van der Waals surface area contributed by atoms with Crippen molar-refractivity contribution in [3.8, 4) is 28.4 Å². The van der Waals surface area contributed by atoms with Crippen molar-refractivity contribution in [3.05, 3.63) is 90.5 Å². The zero-order valence-electron chi connectivity index (χ0n) is 21.0. The molecule has 0 radical (unpaired) electrons. The Morgan fingerprint density at radius 3 is 2.59 bits per heavy atom. The SMILES string of the molecule is FC(F)Oc1ccccc1CSc1nnc(-c2cc(-c3ccccc3)nc3ccccc23)n1CC1CCCO1. The monoisotopic (exact) mass is 544 g/mol. The highest BCUT2D eigenvalue weighted by atomic mass is 32.2. The van der Waals surface area contributed by atoms with Gasteiger partial charge in [-0.05, 0) is 31.0 Å². The first-order chi connectivity index (χ1) is 19.2. The van der Waals surface area contributed by atoms with Gasteiger partial charge in [0.15, 0.2) is 11.0 Å². The summed E-state index contributed by atoms with van der Waals surface area (Å²) in [5, 5.41) is 10.9. The van der Waals surface area contributed by atoms with Crippen LogP contribution in [0.25, 0.3) is 33.5 Å². The van der Waals surface area contributed by atoms with Gasteiger partial charge in [-0.15, -0.1) is 10.2 Å². The van der Waals surface area contributed by atoms with E-state index in [2.05, 4.69) is 20.8 Å². The normalized spacial score (nSPS) is 15.3. The van der Waals surface area contributed by atoms with Crippen molar-refractivity contribution < 1.29 is 18.3 Å². The minimum atomic E-state index is -2.88. The molecule has 1 unspecified atom stereocenters. The van der Waals surface area contributed by atoms with Crippen LogP contribution in [0.4, 0.5) is 8.78 Å². The Morgan fingerprint density at radius 2 is 1.77 bits per heavy atom. The van der Waals surface area contributed by atoms with Gasteiger partial charge in [-0.1, -0.05) is 78.5 Å². The number of benzene rings is 3. The molecular formula is C30H26F2N4O2S. The van der Waals surface area contributed by atoms with Crippen molar-refractivity contribution in [2.24, 2.45) is 0 Å². The number of halogens is 2. The molecule has 3 aromatic carbocycles. The molecule has 39 heavy (non-hydrogen) atoms. The fraction of sp³-hybridized carbons (Fsp3) is 0.233. The predicted molar refractivity (Wildman–Crippen MR) is 148 cm³/mol. The Balaban J connectivity index is 1.42. The Morgan fingerprint density at radius 1 is 0.974 bits per heavy atom. The summed E-state index contributed by atoms with van der Waals surface area (Å²) in [7, 11) is 0. The van der Waals surface area contributed by atoms with Crippen LogP contribution in [0.15, 0.2) is 90.1 Å². The molecule has 0 amide bonds. The molecule has 5 aromatic rings. The van der Waals surface area contributed by atoms with Crippen LogP contribution in [-0.4, -0.2) is 39.1 Å². The Labute approximate surface area is 229 Å². The average molecular weight is 545 g/mol. The van der Waals surface area contributed by atoms with E-state index in [0.717, 1.165) is 53.0 Å². The van der Waals surface area contributed by atoms with E-state index in [1.165, 1.54) is 11.8 Å². The zero-order chi connectivity index (χ0) is 26.6. The number of pyridine rings is 1. The lowest BCUT2D eigenvalue weighted by molar-refractivity contribution is -0.0503. The van der Waals surface area contributed by atoms with Gasteiger partial charge < -0.3 is 9.47 Å². The van der Waals surface area contributed by atoms with Gasteiger partial charge in [0.2, 0.25) is 0 Å². The van der Waals surface area contributed by atoms with Gasteiger partial charge in [0.25, 0.3) is 0 Å². The van der Waals surface area contributed by atoms with Crippen molar-refractivity contribution in [2.45, 2.75) is 43.0 Å². The fourth-order valence-corrected chi connectivity index (χ4v) is 5.78. The second-order valence-corrected chi connectivity index (χ2v) is 10.2. The molecule has 2 aromatic heterocycles. The van der Waals surface area contributed by atoms with Crippen molar-refractivity contribution in [3.63, 3.8) is 0 Å². The first-order valence-corrected chi connectivity index (χ1v) is 13.8. The number of hydrogen-bond donors (Lipinski definition) is 0. The molecule has 0 aliphatic carbocycles. The van der Waals surface area contributed by atoms with Crippen LogP contribution in [0.5, 0.6) is 5.75 Å². The third-order valence-corrected chi connectivity index (χ3v) is 7.71. The quantitative estimate of drug-likeness (QED) is 0.182. The van der Waals surface area contributed by atoms with Crippen LogP contribution >= 0.6 is 11.8 Å². The highest BCUT2D eigenvalue weighted by molar-refractivity contribution is 7.98. The predicted octanol–water partition coefficient (Wildman–Crippen LogP) is 7.23. The Kier molecular flexibility index (Phi) is 7.51. The zero-order valence-corrected chi connectivity index (χ0v) is 21.9. The van der Waals surface area contributed by atoms with Gasteiger partial charge in [0.05, 0.1) is 23.9 Å². The highest BCUT2D eigenvalue weighted by Gasteiger charge is 2.24. The molecular weight excluding hydrogens is 518 g/mol. The van der Waals surface area contributed by atoms with Crippen LogP contribution in [0.3, 0.4) is 0 Å². The molecule has 0 saturated carbocycles. The standard InChI is InChI=1S/C30H26F2N4O2S/c31-29(32)38-27-15-7-4-11-21(27)19-39-30-35-34-28(36(30)18-22-12-8-16-37-22)24-17-26(20-9-2-1-3-10-20)33-25-14-6-5-13-23(24)25/h1-7,9-11,13-15,17,22,29H,8,12,16,18-19H2.